The van der Waals surface area contributed by atoms with E-state index in [1.165, 1.54) is 11.1 Å². The monoisotopic (exact) mass is 361 g/mol. The quantitative estimate of drug-likeness (QED) is 0.467. The zero-order chi connectivity index (χ0) is 19.6. The molecule has 0 saturated carbocycles. The summed E-state index contributed by atoms with van der Waals surface area (Å²) in [5, 5.41) is 0. The highest BCUT2D eigenvalue weighted by atomic mass is 19.1. The molecule has 2 aromatic carbocycles. The van der Waals surface area contributed by atoms with Crippen LogP contribution in [0.5, 0.6) is 0 Å². The molecule has 0 atom stereocenters. The van der Waals surface area contributed by atoms with Crippen molar-refractivity contribution >= 4 is 16.8 Å². The van der Waals surface area contributed by atoms with E-state index in [4.69, 9.17) is 5.73 Å². The van der Waals surface area contributed by atoms with Crippen molar-refractivity contribution in [1.82, 2.24) is 0 Å². The van der Waals surface area contributed by atoms with Crippen molar-refractivity contribution in [2.24, 2.45) is 5.73 Å². The Morgan fingerprint density at radius 2 is 1.85 bits per heavy atom. The standard InChI is InChI=1S/C25H28FN/c1-5-7-8-22(17(4)19-11-12-24(26)16(3)13-19)21-10-9-20-14-18(6-2)25(27)23(20)15-21/h7-13,15H,5-6,14,27H2,1-4H3/b8-7-,22-17-. The Morgan fingerprint density at radius 1 is 1.11 bits per heavy atom. The zero-order valence-electron chi connectivity index (χ0n) is 16.7. The molecule has 2 heteroatoms. The molecule has 0 unspecified atom stereocenters. The molecule has 0 radical (unpaired) electrons. The van der Waals surface area contributed by atoms with Gasteiger partial charge in [0.1, 0.15) is 5.82 Å². The number of allylic oxidation sites excluding steroid dienone is 5. The summed E-state index contributed by atoms with van der Waals surface area (Å²) in [5.41, 5.74) is 16.3. The van der Waals surface area contributed by atoms with Crippen LogP contribution in [0, 0.1) is 12.7 Å². The molecule has 0 amide bonds. The van der Waals surface area contributed by atoms with Crippen molar-refractivity contribution in [3.8, 4) is 0 Å². The molecule has 2 aromatic rings. The predicted molar refractivity (Wildman–Crippen MR) is 115 cm³/mol. The Hall–Kier alpha value is -2.61. The smallest absolute Gasteiger partial charge is 0.126 e. The van der Waals surface area contributed by atoms with Gasteiger partial charge in [-0.05, 0) is 90.3 Å². The Bertz CT molecular complexity index is 960. The van der Waals surface area contributed by atoms with Gasteiger partial charge in [0.15, 0.2) is 0 Å². The van der Waals surface area contributed by atoms with E-state index < -0.39 is 0 Å². The van der Waals surface area contributed by atoms with E-state index in [1.807, 2.05) is 12.1 Å². The van der Waals surface area contributed by atoms with Crippen LogP contribution in [0.25, 0.3) is 16.8 Å². The molecule has 0 spiro atoms. The summed E-state index contributed by atoms with van der Waals surface area (Å²) in [5.74, 6) is -0.167. The van der Waals surface area contributed by atoms with E-state index in [9.17, 15) is 4.39 Å². The van der Waals surface area contributed by atoms with Gasteiger partial charge in [-0.2, -0.15) is 0 Å². The summed E-state index contributed by atoms with van der Waals surface area (Å²) >= 11 is 0. The molecule has 27 heavy (non-hydrogen) atoms. The van der Waals surface area contributed by atoms with Gasteiger partial charge in [0, 0.05) is 11.3 Å². The van der Waals surface area contributed by atoms with Gasteiger partial charge in [-0.15, -0.1) is 0 Å². The molecule has 1 nitrogen and oxygen atoms in total. The highest BCUT2D eigenvalue weighted by Gasteiger charge is 2.19. The van der Waals surface area contributed by atoms with Crippen LogP contribution in [0.3, 0.4) is 0 Å². The fourth-order valence-corrected chi connectivity index (χ4v) is 3.69. The molecular formula is C25H28FN. The number of aryl methyl sites for hydroxylation is 1. The number of halogens is 1. The van der Waals surface area contributed by atoms with Crippen molar-refractivity contribution < 1.29 is 4.39 Å². The lowest BCUT2D eigenvalue weighted by atomic mass is 9.92. The zero-order valence-corrected chi connectivity index (χ0v) is 16.7. The van der Waals surface area contributed by atoms with Gasteiger partial charge in [0.05, 0.1) is 0 Å². The van der Waals surface area contributed by atoms with Gasteiger partial charge in [0.25, 0.3) is 0 Å². The number of benzene rings is 2. The highest BCUT2D eigenvalue weighted by Crippen LogP contribution is 2.35. The van der Waals surface area contributed by atoms with E-state index in [0.717, 1.165) is 52.8 Å². The maximum Gasteiger partial charge on any atom is 0.126 e. The number of rotatable bonds is 5. The second-order valence-corrected chi connectivity index (χ2v) is 7.23. The van der Waals surface area contributed by atoms with E-state index in [2.05, 4.69) is 51.1 Å². The molecule has 0 aromatic heterocycles. The molecule has 2 N–H and O–H groups in total. The first-order chi connectivity index (χ1) is 13.0. The normalized spacial score (nSPS) is 14.7. The molecular weight excluding hydrogens is 333 g/mol. The SMILES string of the molecule is CC/C=C\C(=C(/C)c1ccc(F)c(C)c1)c1ccc2c(c1)C(N)=C(CC)C2. The molecule has 0 fully saturated rings. The lowest BCUT2D eigenvalue weighted by Gasteiger charge is -2.13. The van der Waals surface area contributed by atoms with Crippen LogP contribution in [0.1, 0.15) is 61.4 Å². The van der Waals surface area contributed by atoms with Crippen LogP contribution in [0.2, 0.25) is 0 Å². The maximum absolute atomic E-state index is 13.7. The fourth-order valence-electron chi connectivity index (χ4n) is 3.69. The summed E-state index contributed by atoms with van der Waals surface area (Å²) in [4.78, 5) is 0. The number of fused-ring (bicyclic) bond motifs is 1. The maximum atomic E-state index is 13.7. The molecule has 140 valence electrons. The summed E-state index contributed by atoms with van der Waals surface area (Å²) in [6, 6.07) is 11.9. The lowest BCUT2D eigenvalue weighted by molar-refractivity contribution is 0.618. The summed E-state index contributed by atoms with van der Waals surface area (Å²) in [6.07, 6.45) is 7.25. The Balaban J connectivity index is 2.14. The first kappa shape index (κ1) is 19.2. The highest BCUT2D eigenvalue weighted by molar-refractivity contribution is 5.95. The molecule has 0 saturated heterocycles. The summed E-state index contributed by atoms with van der Waals surface area (Å²) < 4.78 is 13.7. The van der Waals surface area contributed by atoms with E-state index in [-0.39, 0.29) is 5.82 Å². The molecule has 0 heterocycles. The van der Waals surface area contributed by atoms with Crippen LogP contribution < -0.4 is 5.73 Å². The predicted octanol–water partition coefficient (Wildman–Crippen LogP) is 6.67. The molecule has 1 aliphatic carbocycles. The van der Waals surface area contributed by atoms with Crippen LogP contribution >= 0.6 is 0 Å². The first-order valence-electron chi connectivity index (χ1n) is 9.71. The third kappa shape index (κ3) is 3.75. The van der Waals surface area contributed by atoms with Crippen LogP contribution in [0.4, 0.5) is 4.39 Å². The average Bonchev–Trinajstić information content (AvgIpc) is 2.99. The van der Waals surface area contributed by atoms with Crippen molar-refractivity contribution in [2.45, 2.75) is 47.0 Å². The Labute approximate surface area is 162 Å². The number of nitrogens with two attached hydrogens (primary N) is 1. The Morgan fingerprint density at radius 3 is 2.52 bits per heavy atom. The minimum absolute atomic E-state index is 0.167. The molecule has 1 aliphatic rings. The van der Waals surface area contributed by atoms with Crippen molar-refractivity contribution in [2.75, 3.05) is 0 Å². The van der Waals surface area contributed by atoms with E-state index in [1.54, 1.807) is 13.0 Å². The summed E-state index contributed by atoms with van der Waals surface area (Å²) in [6.45, 7) is 8.19. The van der Waals surface area contributed by atoms with Gasteiger partial charge in [-0.3, -0.25) is 0 Å². The summed E-state index contributed by atoms with van der Waals surface area (Å²) in [7, 11) is 0. The van der Waals surface area contributed by atoms with Crippen molar-refractivity contribution in [3.63, 3.8) is 0 Å². The third-order valence-corrected chi connectivity index (χ3v) is 5.44. The van der Waals surface area contributed by atoms with Gasteiger partial charge in [-0.1, -0.05) is 44.2 Å². The van der Waals surface area contributed by atoms with Gasteiger partial charge < -0.3 is 5.73 Å². The van der Waals surface area contributed by atoms with Gasteiger partial charge in [0.2, 0.25) is 0 Å². The van der Waals surface area contributed by atoms with E-state index >= 15 is 0 Å². The molecule has 0 aliphatic heterocycles. The van der Waals surface area contributed by atoms with E-state index in [0.29, 0.717) is 5.56 Å². The minimum Gasteiger partial charge on any atom is -0.398 e. The van der Waals surface area contributed by atoms with Gasteiger partial charge in [-0.25, -0.2) is 4.39 Å². The topological polar surface area (TPSA) is 26.0 Å². The fraction of sp³-hybridized carbons (Fsp3) is 0.280. The van der Waals surface area contributed by atoms with Gasteiger partial charge >= 0.3 is 0 Å². The second kappa shape index (κ2) is 7.96. The second-order valence-electron chi connectivity index (χ2n) is 7.23. The first-order valence-corrected chi connectivity index (χ1v) is 9.71. The third-order valence-electron chi connectivity index (χ3n) is 5.44. The van der Waals surface area contributed by atoms with Crippen molar-refractivity contribution in [3.05, 3.63) is 87.8 Å². The Kier molecular flexibility index (Phi) is 5.65. The molecule has 0 bridgehead atoms. The van der Waals surface area contributed by atoms with Crippen LogP contribution in [-0.2, 0) is 6.42 Å². The lowest BCUT2D eigenvalue weighted by Crippen LogP contribution is -1.97. The van der Waals surface area contributed by atoms with Crippen LogP contribution in [-0.4, -0.2) is 0 Å². The number of hydrogen-bond acceptors (Lipinski definition) is 1. The van der Waals surface area contributed by atoms with Crippen molar-refractivity contribution in [1.29, 1.82) is 0 Å². The van der Waals surface area contributed by atoms with Crippen LogP contribution in [0.15, 0.2) is 54.1 Å². The largest absolute Gasteiger partial charge is 0.398 e. The average molecular weight is 362 g/mol. The molecule has 3 rings (SSSR count). The number of hydrogen-bond donors (Lipinski definition) is 1. The minimum atomic E-state index is -0.167.